The lowest BCUT2D eigenvalue weighted by atomic mass is 9.86. The van der Waals surface area contributed by atoms with Crippen molar-refractivity contribution in [3.05, 3.63) is 29.3 Å². The molecule has 1 heterocycles. The maximum Gasteiger partial charge on any atom is 0.0702 e. The second-order valence-electron chi connectivity index (χ2n) is 7.37. The third kappa shape index (κ3) is 3.78. The highest BCUT2D eigenvalue weighted by atomic mass is 16.3. The summed E-state index contributed by atoms with van der Waals surface area (Å²) in [5.74, 6) is 0. The lowest BCUT2D eigenvalue weighted by Crippen LogP contribution is -2.49. The summed E-state index contributed by atoms with van der Waals surface area (Å²) in [6.07, 6.45) is 0. The van der Waals surface area contributed by atoms with Crippen LogP contribution >= 0.6 is 0 Å². The molecule has 0 spiro atoms. The van der Waals surface area contributed by atoms with Crippen LogP contribution in [-0.4, -0.2) is 42.2 Å². The third-order valence-corrected chi connectivity index (χ3v) is 4.50. The van der Waals surface area contributed by atoms with Crippen molar-refractivity contribution in [3.8, 4) is 0 Å². The first-order valence-electron chi connectivity index (χ1n) is 8.06. The Bertz CT molecular complexity index is 469. The van der Waals surface area contributed by atoms with E-state index in [-0.39, 0.29) is 12.0 Å². The first-order chi connectivity index (χ1) is 9.82. The molecule has 1 aliphatic rings. The van der Waals surface area contributed by atoms with Crippen molar-refractivity contribution < 1.29 is 5.11 Å². The Morgan fingerprint density at radius 2 is 1.71 bits per heavy atom. The molecule has 3 heteroatoms. The maximum absolute atomic E-state index is 9.74. The average Bonchev–Trinajstić information content (AvgIpc) is 2.45. The first-order valence-corrected chi connectivity index (χ1v) is 8.06. The molecular formula is C18H30N2O. The molecule has 118 valence electrons. The number of aliphatic hydroxyl groups is 1. The van der Waals surface area contributed by atoms with Crippen molar-refractivity contribution >= 4 is 5.69 Å². The number of anilines is 1. The maximum atomic E-state index is 9.74. The molecule has 0 radical (unpaired) electrons. The zero-order chi connectivity index (χ0) is 15.6. The Labute approximate surface area is 129 Å². The zero-order valence-corrected chi connectivity index (χ0v) is 14.2. The molecule has 0 saturated carbocycles. The minimum atomic E-state index is 0.115. The normalized spacial score (nSPS) is 17.6. The fourth-order valence-corrected chi connectivity index (χ4v) is 2.97. The molecule has 1 aromatic rings. The van der Waals surface area contributed by atoms with Gasteiger partial charge in [0.1, 0.15) is 0 Å². The molecule has 1 aromatic carbocycles. The number of rotatable bonds is 3. The van der Waals surface area contributed by atoms with E-state index in [1.54, 1.807) is 0 Å². The SMILES string of the molecule is CC(C)N1CCN(c2ccc(C(C)(C)C)cc2CO)CC1. The second kappa shape index (κ2) is 6.37. The highest BCUT2D eigenvalue weighted by Gasteiger charge is 2.22. The van der Waals surface area contributed by atoms with Crippen molar-refractivity contribution in [2.75, 3.05) is 31.1 Å². The van der Waals surface area contributed by atoms with Crippen LogP contribution in [0.1, 0.15) is 45.7 Å². The van der Waals surface area contributed by atoms with Crippen molar-refractivity contribution in [2.24, 2.45) is 0 Å². The molecule has 0 aliphatic carbocycles. The molecule has 1 aliphatic heterocycles. The number of nitrogens with zero attached hydrogens (tertiary/aromatic N) is 2. The topological polar surface area (TPSA) is 26.7 Å². The van der Waals surface area contributed by atoms with Gasteiger partial charge >= 0.3 is 0 Å². The van der Waals surface area contributed by atoms with E-state index in [0.717, 1.165) is 31.7 Å². The third-order valence-electron chi connectivity index (χ3n) is 4.50. The number of benzene rings is 1. The highest BCUT2D eigenvalue weighted by molar-refractivity contribution is 5.56. The van der Waals surface area contributed by atoms with Crippen LogP contribution in [0.15, 0.2) is 18.2 Å². The van der Waals surface area contributed by atoms with Crippen molar-refractivity contribution in [1.29, 1.82) is 0 Å². The van der Waals surface area contributed by atoms with E-state index in [2.05, 4.69) is 62.6 Å². The summed E-state index contributed by atoms with van der Waals surface area (Å²) in [6, 6.07) is 7.19. The van der Waals surface area contributed by atoms with Gasteiger partial charge in [-0.25, -0.2) is 0 Å². The molecule has 0 bridgehead atoms. The summed E-state index contributed by atoms with van der Waals surface area (Å²) in [6.45, 7) is 15.6. The summed E-state index contributed by atoms with van der Waals surface area (Å²) in [7, 11) is 0. The minimum Gasteiger partial charge on any atom is -0.392 e. The average molecular weight is 290 g/mol. The smallest absolute Gasteiger partial charge is 0.0702 e. The molecular weight excluding hydrogens is 260 g/mol. The number of piperazine rings is 1. The van der Waals surface area contributed by atoms with E-state index in [1.807, 2.05) is 0 Å². The standard InChI is InChI=1S/C18H30N2O/c1-14(2)19-8-10-20(11-9-19)17-7-6-16(18(3,4)5)12-15(17)13-21/h6-7,12,14,21H,8-11,13H2,1-5H3. The van der Waals surface area contributed by atoms with E-state index in [0.29, 0.717) is 6.04 Å². The van der Waals surface area contributed by atoms with E-state index in [9.17, 15) is 5.11 Å². The summed E-state index contributed by atoms with van der Waals surface area (Å²) in [5.41, 5.74) is 3.67. The van der Waals surface area contributed by atoms with Gasteiger partial charge in [-0.15, -0.1) is 0 Å². The summed E-state index contributed by atoms with van der Waals surface area (Å²) < 4.78 is 0. The molecule has 0 atom stereocenters. The van der Waals surface area contributed by atoms with Crippen LogP contribution < -0.4 is 4.90 Å². The van der Waals surface area contributed by atoms with E-state index >= 15 is 0 Å². The van der Waals surface area contributed by atoms with Crippen LogP contribution in [0.5, 0.6) is 0 Å². The van der Waals surface area contributed by atoms with Crippen LogP contribution in [0, 0.1) is 0 Å². The predicted molar refractivity (Wildman–Crippen MR) is 90.0 cm³/mol. The van der Waals surface area contributed by atoms with Gasteiger partial charge in [0.25, 0.3) is 0 Å². The molecule has 0 unspecified atom stereocenters. The van der Waals surface area contributed by atoms with Crippen molar-refractivity contribution in [2.45, 2.75) is 52.7 Å². The monoisotopic (exact) mass is 290 g/mol. The van der Waals surface area contributed by atoms with Gasteiger partial charge in [0.15, 0.2) is 0 Å². The van der Waals surface area contributed by atoms with Gasteiger partial charge in [0, 0.05) is 43.5 Å². The summed E-state index contributed by atoms with van der Waals surface area (Å²) >= 11 is 0. The van der Waals surface area contributed by atoms with Crippen LogP contribution in [0.25, 0.3) is 0 Å². The first kappa shape index (κ1) is 16.3. The number of aliphatic hydroxyl groups excluding tert-OH is 1. The molecule has 2 rings (SSSR count). The predicted octanol–water partition coefficient (Wildman–Crippen LogP) is 3.01. The second-order valence-corrected chi connectivity index (χ2v) is 7.37. The molecule has 1 N–H and O–H groups in total. The number of hydrogen-bond acceptors (Lipinski definition) is 3. The van der Waals surface area contributed by atoms with Crippen LogP contribution in [-0.2, 0) is 12.0 Å². The lowest BCUT2D eigenvalue weighted by Gasteiger charge is -2.39. The van der Waals surface area contributed by atoms with Crippen LogP contribution in [0.3, 0.4) is 0 Å². The Balaban J connectivity index is 2.17. The van der Waals surface area contributed by atoms with Gasteiger partial charge < -0.3 is 10.0 Å². The van der Waals surface area contributed by atoms with Gasteiger partial charge in [-0.05, 0) is 30.9 Å². The largest absolute Gasteiger partial charge is 0.392 e. The van der Waals surface area contributed by atoms with Gasteiger partial charge in [0.2, 0.25) is 0 Å². The van der Waals surface area contributed by atoms with Crippen LogP contribution in [0.4, 0.5) is 5.69 Å². The van der Waals surface area contributed by atoms with Gasteiger partial charge in [-0.1, -0.05) is 32.9 Å². The zero-order valence-electron chi connectivity index (χ0n) is 14.2. The van der Waals surface area contributed by atoms with Crippen LogP contribution in [0.2, 0.25) is 0 Å². The Morgan fingerprint density at radius 1 is 1.10 bits per heavy atom. The van der Waals surface area contributed by atoms with E-state index < -0.39 is 0 Å². The van der Waals surface area contributed by atoms with Crippen molar-refractivity contribution in [1.82, 2.24) is 4.90 Å². The number of hydrogen-bond donors (Lipinski definition) is 1. The molecule has 3 nitrogen and oxygen atoms in total. The van der Waals surface area contributed by atoms with Crippen molar-refractivity contribution in [3.63, 3.8) is 0 Å². The molecule has 0 aromatic heterocycles. The fraction of sp³-hybridized carbons (Fsp3) is 0.667. The lowest BCUT2D eigenvalue weighted by molar-refractivity contribution is 0.209. The van der Waals surface area contributed by atoms with Gasteiger partial charge in [-0.2, -0.15) is 0 Å². The Kier molecular flexibility index (Phi) is 4.95. The quantitative estimate of drug-likeness (QED) is 0.927. The molecule has 21 heavy (non-hydrogen) atoms. The molecule has 1 saturated heterocycles. The Morgan fingerprint density at radius 3 is 2.19 bits per heavy atom. The minimum absolute atomic E-state index is 0.115. The molecule has 1 fully saturated rings. The highest BCUT2D eigenvalue weighted by Crippen LogP contribution is 2.29. The van der Waals surface area contributed by atoms with Gasteiger partial charge in [-0.3, -0.25) is 4.90 Å². The van der Waals surface area contributed by atoms with Gasteiger partial charge in [0.05, 0.1) is 6.61 Å². The fourth-order valence-electron chi connectivity index (χ4n) is 2.97. The molecule has 0 amide bonds. The summed E-state index contributed by atoms with van der Waals surface area (Å²) in [5, 5.41) is 9.74. The Hall–Kier alpha value is -1.06. The van der Waals surface area contributed by atoms with E-state index in [1.165, 1.54) is 11.3 Å². The van der Waals surface area contributed by atoms with E-state index in [4.69, 9.17) is 0 Å². The summed E-state index contributed by atoms with van der Waals surface area (Å²) in [4.78, 5) is 4.93.